The zero-order chi connectivity index (χ0) is 6.69. The van der Waals surface area contributed by atoms with Gasteiger partial charge in [0.25, 0.3) is 0 Å². The molecule has 1 saturated heterocycles. The van der Waals surface area contributed by atoms with E-state index in [0.717, 1.165) is 26.1 Å². The van der Waals surface area contributed by atoms with Crippen LogP contribution in [-0.2, 0) is 0 Å². The summed E-state index contributed by atoms with van der Waals surface area (Å²) in [6.45, 7) is 2.74. The molecule has 1 aliphatic rings. The molecule has 0 bridgehead atoms. The van der Waals surface area contributed by atoms with Crippen LogP contribution in [0.3, 0.4) is 0 Å². The van der Waals surface area contributed by atoms with Crippen molar-refractivity contribution < 1.29 is 5.11 Å². The summed E-state index contributed by atoms with van der Waals surface area (Å²) < 4.78 is 0. The van der Waals surface area contributed by atoms with Gasteiger partial charge >= 0.3 is 0 Å². The van der Waals surface area contributed by atoms with Crippen LogP contribution < -0.4 is 0 Å². The minimum atomic E-state index is -0.104. The van der Waals surface area contributed by atoms with Crippen LogP contribution in [0.15, 0.2) is 0 Å². The highest BCUT2D eigenvalue weighted by molar-refractivity contribution is 6.18. The van der Waals surface area contributed by atoms with E-state index >= 15 is 0 Å². The molecule has 0 amide bonds. The van der Waals surface area contributed by atoms with Gasteiger partial charge in [0.2, 0.25) is 0 Å². The second kappa shape index (κ2) is 3.40. The first kappa shape index (κ1) is 7.32. The van der Waals surface area contributed by atoms with Crippen molar-refractivity contribution in [3.8, 4) is 0 Å². The Bertz CT molecular complexity index is 87.1. The lowest BCUT2D eigenvalue weighted by atomic mass is 10.3. The van der Waals surface area contributed by atoms with E-state index in [1.165, 1.54) is 0 Å². The lowest BCUT2D eigenvalue weighted by Gasteiger charge is -2.11. The monoisotopic (exact) mass is 149 g/mol. The quantitative estimate of drug-likeness (QED) is 0.571. The van der Waals surface area contributed by atoms with Gasteiger partial charge in [-0.1, -0.05) is 0 Å². The summed E-state index contributed by atoms with van der Waals surface area (Å²) in [4.78, 5) is 2.18. The lowest BCUT2D eigenvalue weighted by Crippen LogP contribution is -2.23. The van der Waals surface area contributed by atoms with Crippen LogP contribution in [0, 0.1) is 0 Å². The van der Waals surface area contributed by atoms with Gasteiger partial charge in [0.05, 0.1) is 6.10 Å². The number of hydrogen-bond donors (Lipinski definition) is 1. The Morgan fingerprint density at radius 1 is 1.67 bits per heavy atom. The van der Waals surface area contributed by atoms with E-state index in [2.05, 4.69) is 4.90 Å². The summed E-state index contributed by atoms with van der Waals surface area (Å²) in [6, 6.07) is 0. The van der Waals surface area contributed by atoms with Crippen molar-refractivity contribution >= 4 is 11.6 Å². The van der Waals surface area contributed by atoms with E-state index in [1.807, 2.05) is 0 Å². The van der Waals surface area contributed by atoms with Gasteiger partial charge in [0.15, 0.2) is 0 Å². The average molecular weight is 150 g/mol. The van der Waals surface area contributed by atoms with E-state index in [9.17, 15) is 0 Å². The maximum absolute atomic E-state index is 9.04. The number of nitrogens with zero attached hydrogens (tertiary/aromatic N) is 1. The molecule has 1 unspecified atom stereocenters. The molecule has 1 heterocycles. The van der Waals surface area contributed by atoms with E-state index in [0.29, 0.717) is 5.88 Å². The first-order valence-corrected chi connectivity index (χ1v) is 3.83. The van der Waals surface area contributed by atoms with Crippen LogP contribution >= 0.6 is 11.6 Å². The van der Waals surface area contributed by atoms with Crippen LogP contribution in [0.2, 0.25) is 0 Å². The maximum atomic E-state index is 9.04. The summed E-state index contributed by atoms with van der Waals surface area (Å²) in [5, 5.41) is 9.04. The molecule has 54 valence electrons. The van der Waals surface area contributed by atoms with Crippen molar-refractivity contribution in [3.05, 3.63) is 0 Å². The number of likely N-dealkylation sites (tertiary alicyclic amines) is 1. The molecular formula is C6H12ClNO. The van der Waals surface area contributed by atoms with Crippen molar-refractivity contribution in [2.45, 2.75) is 12.5 Å². The minimum absolute atomic E-state index is 0.104. The van der Waals surface area contributed by atoms with E-state index in [1.54, 1.807) is 0 Å². The number of alkyl halides is 1. The number of halogens is 1. The lowest BCUT2D eigenvalue weighted by molar-refractivity contribution is 0.178. The molecule has 1 aliphatic heterocycles. The fourth-order valence-electron chi connectivity index (χ4n) is 1.13. The highest BCUT2D eigenvalue weighted by atomic mass is 35.5. The predicted octanol–water partition coefficient (Wildman–Crippen LogP) is 0.292. The third kappa shape index (κ3) is 2.12. The normalized spacial score (nSPS) is 29.3. The van der Waals surface area contributed by atoms with Gasteiger partial charge in [-0.2, -0.15) is 0 Å². The molecule has 1 atom stereocenters. The average Bonchev–Trinajstić information content (AvgIpc) is 2.17. The molecule has 0 saturated carbocycles. The maximum Gasteiger partial charge on any atom is 0.0679 e. The standard InChI is InChI=1S/C6H12ClNO/c7-2-4-8-3-1-6(9)5-8/h6,9H,1-5H2. The molecule has 0 aromatic heterocycles. The first-order valence-electron chi connectivity index (χ1n) is 3.29. The number of aliphatic hydroxyl groups excluding tert-OH is 1. The van der Waals surface area contributed by atoms with Gasteiger partial charge in [0.1, 0.15) is 0 Å². The summed E-state index contributed by atoms with van der Waals surface area (Å²) in [6.07, 6.45) is 0.810. The van der Waals surface area contributed by atoms with Crippen LogP contribution in [0.4, 0.5) is 0 Å². The fraction of sp³-hybridized carbons (Fsp3) is 1.00. The van der Waals surface area contributed by atoms with Crippen molar-refractivity contribution in [2.24, 2.45) is 0 Å². The number of rotatable bonds is 2. The van der Waals surface area contributed by atoms with Crippen molar-refractivity contribution in [1.82, 2.24) is 4.90 Å². The van der Waals surface area contributed by atoms with Gasteiger partial charge in [-0.25, -0.2) is 0 Å². The van der Waals surface area contributed by atoms with Crippen LogP contribution in [0.5, 0.6) is 0 Å². The molecule has 0 aromatic carbocycles. The van der Waals surface area contributed by atoms with Gasteiger partial charge in [0, 0.05) is 25.5 Å². The molecule has 1 rings (SSSR count). The Hall–Kier alpha value is 0.210. The highest BCUT2D eigenvalue weighted by Crippen LogP contribution is 2.07. The Kier molecular flexibility index (Phi) is 2.76. The first-order chi connectivity index (χ1) is 4.33. The third-order valence-corrected chi connectivity index (χ3v) is 1.82. The van der Waals surface area contributed by atoms with Crippen molar-refractivity contribution in [3.63, 3.8) is 0 Å². The van der Waals surface area contributed by atoms with Gasteiger partial charge in [-0.3, -0.25) is 4.90 Å². The fourth-order valence-corrected chi connectivity index (χ4v) is 1.37. The van der Waals surface area contributed by atoms with Crippen molar-refractivity contribution in [1.29, 1.82) is 0 Å². The molecule has 0 radical (unpaired) electrons. The molecule has 0 aromatic rings. The van der Waals surface area contributed by atoms with E-state index < -0.39 is 0 Å². The summed E-state index contributed by atoms with van der Waals surface area (Å²) in [7, 11) is 0. The summed E-state index contributed by atoms with van der Waals surface area (Å²) in [5.41, 5.74) is 0. The van der Waals surface area contributed by atoms with E-state index in [-0.39, 0.29) is 6.10 Å². The van der Waals surface area contributed by atoms with Gasteiger partial charge in [-0.05, 0) is 6.42 Å². The highest BCUT2D eigenvalue weighted by Gasteiger charge is 2.18. The SMILES string of the molecule is OC1CCN(CCCl)C1. The molecule has 2 nitrogen and oxygen atoms in total. The molecule has 0 spiro atoms. The second-order valence-electron chi connectivity index (χ2n) is 2.43. The molecule has 1 N–H and O–H groups in total. The smallest absolute Gasteiger partial charge is 0.0679 e. The molecule has 3 heteroatoms. The summed E-state index contributed by atoms with van der Waals surface area (Å²) in [5.74, 6) is 0.673. The molecule has 1 fully saturated rings. The third-order valence-electron chi connectivity index (χ3n) is 1.65. The Morgan fingerprint density at radius 2 is 2.44 bits per heavy atom. The zero-order valence-electron chi connectivity index (χ0n) is 5.39. The number of aliphatic hydroxyl groups is 1. The topological polar surface area (TPSA) is 23.5 Å². The molecule has 0 aliphatic carbocycles. The van der Waals surface area contributed by atoms with Crippen LogP contribution in [-0.4, -0.2) is 41.6 Å². The van der Waals surface area contributed by atoms with E-state index in [4.69, 9.17) is 16.7 Å². The zero-order valence-corrected chi connectivity index (χ0v) is 6.14. The van der Waals surface area contributed by atoms with Gasteiger partial charge in [-0.15, -0.1) is 11.6 Å². The van der Waals surface area contributed by atoms with Crippen molar-refractivity contribution in [2.75, 3.05) is 25.5 Å². The largest absolute Gasteiger partial charge is 0.392 e. The Labute approximate surface area is 60.4 Å². The van der Waals surface area contributed by atoms with Crippen LogP contribution in [0.1, 0.15) is 6.42 Å². The van der Waals surface area contributed by atoms with Gasteiger partial charge < -0.3 is 5.11 Å². The predicted molar refractivity (Wildman–Crippen MR) is 37.8 cm³/mol. The Balaban J connectivity index is 2.14. The number of hydrogen-bond acceptors (Lipinski definition) is 2. The summed E-state index contributed by atoms with van der Waals surface area (Å²) >= 11 is 5.51. The van der Waals surface area contributed by atoms with Crippen LogP contribution in [0.25, 0.3) is 0 Å². The minimum Gasteiger partial charge on any atom is -0.392 e. The molecule has 9 heavy (non-hydrogen) atoms. The Morgan fingerprint density at radius 3 is 2.89 bits per heavy atom. The number of β-amino-alcohol motifs (C(OH)–C–C–N with tert-alkyl or cyclic N) is 1. The molecular weight excluding hydrogens is 138 g/mol. The second-order valence-corrected chi connectivity index (χ2v) is 2.81.